The predicted molar refractivity (Wildman–Crippen MR) is 68.1 cm³/mol. The van der Waals surface area contributed by atoms with Crippen molar-refractivity contribution in [2.24, 2.45) is 18.7 Å². The lowest BCUT2D eigenvalue weighted by molar-refractivity contribution is 0.574. The Kier molecular flexibility index (Phi) is 2.30. The standard InChI is InChI=1S/C12H14BrN3/c1-16-10-5-4-8(13)6-9(10)15-12(16)11(14)7-2-3-7/h4-7,11H,2-3,14H2,1H3. The molecule has 0 aliphatic heterocycles. The summed E-state index contributed by atoms with van der Waals surface area (Å²) in [5.74, 6) is 1.65. The molecule has 1 aliphatic rings. The molecule has 0 radical (unpaired) electrons. The highest BCUT2D eigenvalue weighted by atomic mass is 79.9. The summed E-state index contributed by atoms with van der Waals surface area (Å²) in [5.41, 5.74) is 8.37. The minimum Gasteiger partial charge on any atom is -0.330 e. The summed E-state index contributed by atoms with van der Waals surface area (Å²) >= 11 is 3.46. The molecule has 1 fully saturated rings. The first kappa shape index (κ1) is 10.3. The molecule has 0 saturated heterocycles. The first-order valence-electron chi connectivity index (χ1n) is 5.54. The second kappa shape index (κ2) is 3.57. The monoisotopic (exact) mass is 279 g/mol. The fraction of sp³-hybridized carbons (Fsp3) is 0.417. The average Bonchev–Trinajstić information content (AvgIpc) is 3.04. The van der Waals surface area contributed by atoms with Crippen LogP contribution in [0, 0.1) is 5.92 Å². The first-order valence-corrected chi connectivity index (χ1v) is 6.33. The maximum atomic E-state index is 6.21. The highest BCUT2D eigenvalue weighted by molar-refractivity contribution is 9.10. The lowest BCUT2D eigenvalue weighted by Crippen LogP contribution is -2.17. The summed E-state index contributed by atoms with van der Waals surface area (Å²) < 4.78 is 3.18. The molecule has 3 nitrogen and oxygen atoms in total. The molecule has 3 rings (SSSR count). The van der Waals surface area contributed by atoms with Crippen molar-refractivity contribution in [3.8, 4) is 0 Å². The van der Waals surface area contributed by atoms with Crippen LogP contribution in [-0.2, 0) is 7.05 Å². The minimum absolute atomic E-state index is 0.0937. The number of halogens is 1. The molecule has 0 amide bonds. The maximum absolute atomic E-state index is 6.21. The van der Waals surface area contributed by atoms with Crippen LogP contribution in [0.5, 0.6) is 0 Å². The molecular formula is C12H14BrN3. The molecule has 84 valence electrons. The quantitative estimate of drug-likeness (QED) is 0.919. The van der Waals surface area contributed by atoms with Gasteiger partial charge in [-0.2, -0.15) is 0 Å². The fourth-order valence-electron chi connectivity index (χ4n) is 2.16. The summed E-state index contributed by atoms with van der Waals surface area (Å²) in [6.07, 6.45) is 2.49. The lowest BCUT2D eigenvalue weighted by Gasteiger charge is -2.09. The molecule has 2 aromatic rings. The van der Waals surface area contributed by atoms with Crippen molar-refractivity contribution in [3.63, 3.8) is 0 Å². The number of benzene rings is 1. The van der Waals surface area contributed by atoms with Gasteiger partial charge in [0.05, 0.1) is 17.1 Å². The van der Waals surface area contributed by atoms with E-state index in [1.807, 2.05) is 19.2 Å². The number of aryl methyl sites for hydroxylation is 1. The number of nitrogens with zero attached hydrogens (tertiary/aromatic N) is 2. The van der Waals surface area contributed by atoms with E-state index < -0.39 is 0 Å². The van der Waals surface area contributed by atoms with Gasteiger partial charge in [-0.1, -0.05) is 15.9 Å². The first-order chi connectivity index (χ1) is 7.66. The Bertz CT molecular complexity index is 542. The summed E-state index contributed by atoms with van der Waals surface area (Å²) in [6.45, 7) is 0. The molecule has 4 heteroatoms. The number of rotatable bonds is 2. The van der Waals surface area contributed by atoms with Crippen molar-refractivity contribution in [2.75, 3.05) is 0 Å². The van der Waals surface area contributed by atoms with Gasteiger partial charge in [0.1, 0.15) is 5.82 Å². The van der Waals surface area contributed by atoms with E-state index in [0.29, 0.717) is 5.92 Å². The summed E-state index contributed by atoms with van der Waals surface area (Å²) in [5, 5.41) is 0. The van der Waals surface area contributed by atoms with Gasteiger partial charge >= 0.3 is 0 Å². The van der Waals surface area contributed by atoms with Crippen LogP contribution in [0.4, 0.5) is 0 Å². The molecule has 1 aliphatic carbocycles. The zero-order valence-electron chi connectivity index (χ0n) is 9.15. The van der Waals surface area contributed by atoms with Gasteiger partial charge in [-0.15, -0.1) is 0 Å². The van der Waals surface area contributed by atoms with Gasteiger partial charge in [0.25, 0.3) is 0 Å². The van der Waals surface area contributed by atoms with Crippen LogP contribution in [0.15, 0.2) is 22.7 Å². The lowest BCUT2D eigenvalue weighted by atomic mass is 10.2. The van der Waals surface area contributed by atoms with Crippen molar-refractivity contribution in [3.05, 3.63) is 28.5 Å². The van der Waals surface area contributed by atoms with E-state index >= 15 is 0 Å². The normalized spacial score (nSPS) is 17.9. The molecule has 2 N–H and O–H groups in total. The summed E-state index contributed by atoms with van der Waals surface area (Å²) in [7, 11) is 2.04. The van der Waals surface area contributed by atoms with Gasteiger partial charge in [-0.05, 0) is 37.0 Å². The van der Waals surface area contributed by atoms with Crippen LogP contribution in [0.25, 0.3) is 11.0 Å². The van der Waals surface area contributed by atoms with E-state index in [-0.39, 0.29) is 6.04 Å². The second-order valence-electron chi connectivity index (χ2n) is 4.53. The zero-order valence-corrected chi connectivity index (χ0v) is 10.7. The van der Waals surface area contributed by atoms with Crippen LogP contribution >= 0.6 is 15.9 Å². The Morgan fingerprint density at radius 1 is 1.50 bits per heavy atom. The fourth-order valence-corrected chi connectivity index (χ4v) is 2.50. The van der Waals surface area contributed by atoms with Crippen molar-refractivity contribution in [2.45, 2.75) is 18.9 Å². The number of aromatic nitrogens is 2. The smallest absolute Gasteiger partial charge is 0.126 e. The Hall–Kier alpha value is -0.870. The van der Waals surface area contributed by atoms with Gasteiger partial charge < -0.3 is 10.3 Å². The molecule has 1 heterocycles. The third kappa shape index (κ3) is 1.57. The second-order valence-corrected chi connectivity index (χ2v) is 5.44. The van der Waals surface area contributed by atoms with Crippen LogP contribution in [0.1, 0.15) is 24.7 Å². The molecule has 0 bridgehead atoms. The maximum Gasteiger partial charge on any atom is 0.126 e. The molecule has 1 unspecified atom stereocenters. The van der Waals surface area contributed by atoms with Gasteiger partial charge in [0.2, 0.25) is 0 Å². The summed E-state index contributed by atoms with van der Waals surface area (Å²) in [6, 6.07) is 6.25. The number of fused-ring (bicyclic) bond motifs is 1. The van der Waals surface area contributed by atoms with Crippen molar-refractivity contribution in [1.82, 2.24) is 9.55 Å². The van der Waals surface area contributed by atoms with Crippen molar-refractivity contribution >= 4 is 27.0 Å². The molecule has 1 saturated carbocycles. The molecule has 1 aromatic heterocycles. The van der Waals surface area contributed by atoms with Gasteiger partial charge in [0.15, 0.2) is 0 Å². The number of imidazole rings is 1. The minimum atomic E-state index is 0.0937. The highest BCUT2D eigenvalue weighted by Gasteiger charge is 2.32. The SMILES string of the molecule is Cn1c(C(N)C2CC2)nc2cc(Br)ccc21. The van der Waals surface area contributed by atoms with Crippen molar-refractivity contribution < 1.29 is 0 Å². The zero-order chi connectivity index (χ0) is 11.3. The van der Waals surface area contributed by atoms with Crippen LogP contribution in [0.3, 0.4) is 0 Å². The molecule has 0 spiro atoms. The molecule has 1 atom stereocenters. The number of hydrogen-bond acceptors (Lipinski definition) is 2. The molecular weight excluding hydrogens is 266 g/mol. The Labute approximate surface area is 103 Å². The van der Waals surface area contributed by atoms with Crippen LogP contribution in [-0.4, -0.2) is 9.55 Å². The van der Waals surface area contributed by atoms with Gasteiger partial charge in [0, 0.05) is 11.5 Å². The van der Waals surface area contributed by atoms with E-state index in [9.17, 15) is 0 Å². The Morgan fingerprint density at radius 2 is 2.25 bits per heavy atom. The van der Waals surface area contributed by atoms with E-state index in [0.717, 1.165) is 21.3 Å². The number of nitrogens with two attached hydrogens (primary N) is 1. The highest BCUT2D eigenvalue weighted by Crippen LogP contribution is 2.39. The van der Waals surface area contributed by atoms with E-state index in [1.165, 1.54) is 12.8 Å². The van der Waals surface area contributed by atoms with Crippen LogP contribution < -0.4 is 5.73 Å². The largest absolute Gasteiger partial charge is 0.330 e. The third-order valence-corrected chi connectivity index (χ3v) is 3.80. The Morgan fingerprint density at radius 3 is 2.94 bits per heavy atom. The third-order valence-electron chi connectivity index (χ3n) is 3.31. The Balaban J connectivity index is 2.14. The topological polar surface area (TPSA) is 43.8 Å². The van der Waals surface area contributed by atoms with Gasteiger partial charge in [-0.25, -0.2) is 4.98 Å². The average molecular weight is 280 g/mol. The van der Waals surface area contributed by atoms with Crippen LogP contribution in [0.2, 0.25) is 0 Å². The predicted octanol–water partition coefficient (Wildman–Crippen LogP) is 2.75. The summed E-state index contributed by atoms with van der Waals surface area (Å²) in [4.78, 5) is 4.64. The molecule has 1 aromatic carbocycles. The van der Waals surface area contributed by atoms with E-state index in [4.69, 9.17) is 5.73 Å². The van der Waals surface area contributed by atoms with E-state index in [1.54, 1.807) is 0 Å². The van der Waals surface area contributed by atoms with Crippen molar-refractivity contribution in [1.29, 1.82) is 0 Å². The van der Waals surface area contributed by atoms with E-state index in [2.05, 4.69) is 31.5 Å². The number of hydrogen-bond donors (Lipinski definition) is 1. The van der Waals surface area contributed by atoms with Gasteiger partial charge in [-0.3, -0.25) is 0 Å². The molecule has 16 heavy (non-hydrogen) atoms.